The Kier molecular flexibility index (Phi) is 8.04. The SMILES string of the molecule is COc1ccc(NC(=O)CNC(=O)COc2ccccc2)cc1NS(=O)(=O)c1ccc(F)cc1. The quantitative estimate of drug-likeness (QED) is 0.404. The van der Waals surface area contributed by atoms with E-state index in [1.807, 2.05) is 6.07 Å². The molecule has 3 aromatic carbocycles. The van der Waals surface area contributed by atoms with Crippen LogP contribution in [0.4, 0.5) is 15.8 Å². The Morgan fingerprint density at radius 2 is 1.65 bits per heavy atom. The molecule has 34 heavy (non-hydrogen) atoms. The van der Waals surface area contributed by atoms with E-state index in [2.05, 4.69) is 15.4 Å². The van der Waals surface area contributed by atoms with Gasteiger partial charge < -0.3 is 20.1 Å². The predicted molar refractivity (Wildman–Crippen MR) is 124 cm³/mol. The Morgan fingerprint density at radius 1 is 0.941 bits per heavy atom. The molecule has 3 rings (SSSR count). The summed E-state index contributed by atoms with van der Waals surface area (Å²) in [5.41, 5.74) is 0.322. The monoisotopic (exact) mass is 487 g/mol. The van der Waals surface area contributed by atoms with Crippen LogP contribution in [0.5, 0.6) is 11.5 Å². The topological polar surface area (TPSA) is 123 Å². The van der Waals surface area contributed by atoms with Crippen LogP contribution in [0.15, 0.2) is 77.7 Å². The zero-order valence-electron chi connectivity index (χ0n) is 18.1. The highest BCUT2D eigenvalue weighted by Gasteiger charge is 2.17. The fourth-order valence-corrected chi connectivity index (χ4v) is 3.84. The Bertz CT molecular complexity index is 1250. The molecule has 0 atom stereocenters. The van der Waals surface area contributed by atoms with Crippen molar-refractivity contribution < 1.29 is 31.9 Å². The molecule has 0 aromatic heterocycles. The molecule has 0 heterocycles. The fourth-order valence-electron chi connectivity index (χ4n) is 2.78. The molecular formula is C23H22FN3O6S. The number of para-hydroxylation sites is 1. The van der Waals surface area contributed by atoms with Crippen molar-refractivity contribution in [3.05, 3.63) is 78.6 Å². The lowest BCUT2D eigenvalue weighted by Gasteiger charge is -2.14. The molecule has 0 saturated heterocycles. The number of sulfonamides is 1. The van der Waals surface area contributed by atoms with E-state index >= 15 is 0 Å². The fraction of sp³-hybridized carbons (Fsp3) is 0.130. The van der Waals surface area contributed by atoms with E-state index in [1.54, 1.807) is 24.3 Å². The summed E-state index contributed by atoms with van der Waals surface area (Å²) in [6.45, 7) is -0.575. The average Bonchev–Trinajstić information content (AvgIpc) is 2.82. The van der Waals surface area contributed by atoms with Crippen LogP contribution in [-0.4, -0.2) is 40.5 Å². The van der Waals surface area contributed by atoms with Gasteiger partial charge in [0.05, 0.1) is 24.2 Å². The number of carbonyl (C=O) groups is 2. The summed E-state index contributed by atoms with van der Waals surface area (Å²) in [5.74, 6) is -0.863. The van der Waals surface area contributed by atoms with Crippen LogP contribution in [0, 0.1) is 5.82 Å². The minimum atomic E-state index is -4.04. The van der Waals surface area contributed by atoms with Crippen LogP contribution >= 0.6 is 0 Å². The number of halogens is 1. The standard InChI is InChI=1S/C23H22FN3O6S/c1-32-21-12-9-17(13-20(21)27-34(30,31)19-10-7-16(24)8-11-19)26-22(28)14-25-23(29)15-33-18-5-3-2-4-6-18/h2-13,27H,14-15H2,1H3,(H,25,29)(H,26,28). The first-order valence-electron chi connectivity index (χ1n) is 9.97. The van der Waals surface area contributed by atoms with Crippen LogP contribution in [0.2, 0.25) is 0 Å². The van der Waals surface area contributed by atoms with E-state index in [9.17, 15) is 22.4 Å². The van der Waals surface area contributed by atoms with E-state index in [-0.39, 0.29) is 35.2 Å². The van der Waals surface area contributed by atoms with Crippen molar-refractivity contribution >= 4 is 33.2 Å². The van der Waals surface area contributed by atoms with Crippen LogP contribution in [-0.2, 0) is 19.6 Å². The summed E-state index contributed by atoms with van der Waals surface area (Å²) < 4.78 is 51.2. The van der Waals surface area contributed by atoms with E-state index in [0.29, 0.717) is 5.75 Å². The lowest BCUT2D eigenvalue weighted by Crippen LogP contribution is -2.35. The van der Waals surface area contributed by atoms with Crippen molar-refractivity contribution in [2.75, 3.05) is 30.3 Å². The molecule has 11 heteroatoms. The summed E-state index contributed by atoms with van der Waals surface area (Å²) in [5, 5.41) is 4.99. The average molecular weight is 488 g/mol. The Labute approximate surface area is 195 Å². The number of hydrogen-bond donors (Lipinski definition) is 3. The molecule has 2 amide bonds. The molecule has 0 fully saturated rings. The smallest absolute Gasteiger partial charge is 0.262 e. The van der Waals surface area contributed by atoms with Gasteiger partial charge in [-0.2, -0.15) is 0 Å². The van der Waals surface area contributed by atoms with Crippen LogP contribution in [0.1, 0.15) is 0 Å². The van der Waals surface area contributed by atoms with Crippen LogP contribution in [0.25, 0.3) is 0 Å². The maximum atomic E-state index is 13.1. The number of anilines is 2. The molecule has 0 saturated carbocycles. The molecule has 0 radical (unpaired) electrons. The second-order valence-corrected chi connectivity index (χ2v) is 8.58. The van der Waals surface area contributed by atoms with Gasteiger partial charge in [-0.1, -0.05) is 18.2 Å². The molecule has 0 spiro atoms. The first-order valence-corrected chi connectivity index (χ1v) is 11.5. The third-order valence-corrected chi connectivity index (χ3v) is 5.79. The van der Waals surface area contributed by atoms with Crippen molar-refractivity contribution in [1.29, 1.82) is 0 Å². The summed E-state index contributed by atoms with van der Waals surface area (Å²) in [7, 11) is -2.68. The van der Waals surface area contributed by atoms with E-state index in [1.165, 1.54) is 25.3 Å². The number of amides is 2. The van der Waals surface area contributed by atoms with Gasteiger partial charge in [0.15, 0.2) is 6.61 Å². The Balaban J connectivity index is 1.59. The molecular weight excluding hydrogens is 465 g/mol. The molecule has 178 valence electrons. The molecule has 9 nitrogen and oxygen atoms in total. The van der Waals surface area contributed by atoms with Crippen molar-refractivity contribution in [1.82, 2.24) is 5.32 Å². The number of methoxy groups -OCH3 is 1. The van der Waals surface area contributed by atoms with Gasteiger partial charge in [0, 0.05) is 5.69 Å². The summed E-state index contributed by atoms with van der Waals surface area (Å²) in [6, 6.07) is 17.4. The molecule has 0 aliphatic heterocycles. The van der Waals surface area contributed by atoms with E-state index in [4.69, 9.17) is 9.47 Å². The maximum absolute atomic E-state index is 13.1. The van der Waals surface area contributed by atoms with Gasteiger partial charge in [0.1, 0.15) is 17.3 Å². The second kappa shape index (κ2) is 11.1. The van der Waals surface area contributed by atoms with Gasteiger partial charge in [-0.05, 0) is 54.6 Å². The van der Waals surface area contributed by atoms with E-state index in [0.717, 1.165) is 24.3 Å². The number of benzene rings is 3. The highest BCUT2D eigenvalue weighted by atomic mass is 32.2. The third kappa shape index (κ3) is 6.94. The molecule has 0 aliphatic rings. The molecule has 0 aliphatic carbocycles. The first-order chi connectivity index (χ1) is 16.3. The lowest BCUT2D eigenvalue weighted by molar-refractivity contribution is -0.125. The maximum Gasteiger partial charge on any atom is 0.262 e. The zero-order chi connectivity index (χ0) is 24.6. The van der Waals surface area contributed by atoms with Gasteiger partial charge >= 0.3 is 0 Å². The molecule has 0 bridgehead atoms. The van der Waals surface area contributed by atoms with Gasteiger partial charge in [-0.3, -0.25) is 14.3 Å². The summed E-state index contributed by atoms with van der Waals surface area (Å²) in [4.78, 5) is 24.0. The summed E-state index contributed by atoms with van der Waals surface area (Å²) in [6.07, 6.45) is 0. The molecule has 0 unspecified atom stereocenters. The minimum Gasteiger partial charge on any atom is -0.495 e. The second-order valence-electron chi connectivity index (χ2n) is 6.90. The first kappa shape index (κ1) is 24.5. The number of rotatable bonds is 10. The number of carbonyl (C=O) groups excluding carboxylic acids is 2. The van der Waals surface area contributed by atoms with Gasteiger partial charge in [0.2, 0.25) is 5.91 Å². The molecule has 3 aromatic rings. The molecule has 3 N–H and O–H groups in total. The zero-order valence-corrected chi connectivity index (χ0v) is 18.9. The number of ether oxygens (including phenoxy) is 2. The third-order valence-electron chi connectivity index (χ3n) is 4.41. The minimum absolute atomic E-state index is 0.0601. The van der Waals surface area contributed by atoms with Crippen molar-refractivity contribution in [2.45, 2.75) is 4.90 Å². The number of nitrogens with one attached hydrogen (secondary N) is 3. The number of hydrogen-bond acceptors (Lipinski definition) is 6. The van der Waals surface area contributed by atoms with Crippen LogP contribution < -0.4 is 24.8 Å². The van der Waals surface area contributed by atoms with E-state index < -0.39 is 27.7 Å². The predicted octanol–water partition coefficient (Wildman–Crippen LogP) is 2.77. The Hall–Kier alpha value is -4.12. The lowest BCUT2D eigenvalue weighted by atomic mass is 10.2. The van der Waals surface area contributed by atoms with Crippen LogP contribution in [0.3, 0.4) is 0 Å². The normalized spacial score (nSPS) is 10.8. The highest BCUT2D eigenvalue weighted by molar-refractivity contribution is 7.92. The highest BCUT2D eigenvalue weighted by Crippen LogP contribution is 2.30. The van der Waals surface area contributed by atoms with Gasteiger partial charge in [0.25, 0.3) is 15.9 Å². The summed E-state index contributed by atoms with van der Waals surface area (Å²) >= 11 is 0. The van der Waals surface area contributed by atoms with Crippen molar-refractivity contribution in [3.8, 4) is 11.5 Å². The van der Waals surface area contributed by atoms with Gasteiger partial charge in [-0.15, -0.1) is 0 Å². The van der Waals surface area contributed by atoms with Crippen molar-refractivity contribution in [3.63, 3.8) is 0 Å². The van der Waals surface area contributed by atoms with Crippen molar-refractivity contribution in [2.24, 2.45) is 0 Å². The largest absolute Gasteiger partial charge is 0.495 e. The Morgan fingerprint density at radius 3 is 2.32 bits per heavy atom. The van der Waals surface area contributed by atoms with Gasteiger partial charge in [-0.25, -0.2) is 12.8 Å².